The Morgan fingerprint density at radius 3 is 1.13 bits per heavy atom. The smallest absolute Gasteiger partial charge is 0.119 e. The van der Waals surface area contributed by atoms with Crippen LogP contribution in [0.4, 0.5) is 0 Å². The quantitative estimate of drug-likeness (QED) is 0.129. The van der Waals surface area contributed by atoms with Gasteiger partial charge in [0, 0.05) is 0 Å². The zero-order valence-electron chi connectivity index (χ0n) is 34.4. The molecule has 0 heterocycles. The van der Waals surface area contributed by atoms with Crippen molar-refractivity contribution in [2.24, 2.45) is 11.8 Å². The first kappa shape index (κ1) is 42.2. The van der Waals surface area contributed by atoms with Gasteiger partial charge in [0.2, 0.25) is 0 Å². The van der Waals surface area contributed by atoms with Crippen LogP contribution in [0.25, 0.3) is 11.1 Å². The Labute approximate surface area is 325 Å². The van der Waals surface area contributed by atoms with Crippen LogP contribution in [-0.2, 0) is 12.8 Å². The SMILES string of the molecule is CCCC1CCC(c2ccc(OC)cc2)CC1.CCCC1CCC(c2ccc(OCC)cc2)CC1.CCCc1ccc(-c2ccc(CCC)cc2)cc1. The number of ether oxygens (including phenoxy) is 2. The summed E-state index contributed by atoms with van der Waals surface area (Å²) in [4.78, 5) is 0. The number of rotatable bonds is 14. The Balaban J connectivity index is 0.000000178. The van der Waals surface area contributed by atoms with Crippen LogP contribution in [-0.4, -0.2) is 13.7 Å². The first-order valence-corrected chi connectivity index (χ1v) is 21.5. The van der Waals surface area contributed by atoms with Crippen LogP contribution >= 0.6 is 0 Å². The summed E-state index contributed by atoms with van der Waals surface area (Å²) in [6.45, 7) is 11.8. The number of hydrogen-bond donors (Lipinski definition) is 0. The monoisotopic (exact) mass is 717 g/mol. The third-order valence-electron chi connectivity index (χ3n) is 11.7. The van der Waals surface area contributed by atoms with E-state index in [-0.39, 0.29) is 0 Å². The molecule has 288 valence electrons. The number of hydrogen-bond acceptors (Lipinski definition) is 2. The predicted octanol–water partition coefficient (Wildman–Crippen LogP) is 15.2. The zero-order valence-corrected chi connectivity index (χ0v) is 34.4. The van der Waals surface area contributed by atoms with E-state index >= 15 is 0 Å². The molecule has 0 unspecified atom stereocenters. The van der Waals surface area contributed by atoms with E-state index in [1.54, 1.807) is 7.11 Å². The first-order chi connectivity index (χ1) is 26.0. The summed E-state index contributed by atoms with van der Waals surface area (Å²) in [5.41, 5.74) is 8.51. The maximum atomic E-state index is 5.50. The molecule has 2 nitrogen and oxygen atoms in total. The topological polar surface area (TPSA) is 18.5 Å². The maximum Gasteiger partial charge on any atom is 0.119 e. The van der Waals surface area contributed by atoms with Crippen molar-refractivity contribution >= 4 is 0 Å². The summed E-state index contributed by atoms with van der Waals surface area (Å²) in [5, 5.41) is 0. The van der Waals surface area contributed by atoms with Gasteiger partial charge >= 0.3 is 0 Å². The van der Waals surface area contributed by atoms with Gasteiger partial charge in [0.25, 0.3) is 0 Å². The van der Waals surface area contributed by atoms with Crippen molar-refractivity contribution in [2.75, 3.05) is 13.7 Å². The van der Waals surface area contributed by atoms with Gasteiger partial charge in [0.1, 0.15) is 11.5 Å². The Hall–Kier alpha value is -3.52. The lowest BCUT2D eigenvalue weighted by Crippen LogP contribution is -2.13. The van der Waals surface area contributed by atoms with Gasteiger partial charge in [-0.2, -0.15) is 0 Å². The summed E-state index contributed by atoms with van der Waals surface area (Å²) < 4.78 is 10.7. The van der Waals surface area contributed by atoms with Crippen LogP contribution in [0.15, 0.2) is 97.1 Å². The summed E-state index contributed by atoms with van der Waals surface area (Å²) in [7, 11) is 1.73. The van der Waals surface area contributed by atoms with Crippen molar-refractivity contribution in [1.29, 1.82) is 0 Å². The minimum Gasteiger partial charge on any atom is -0.497 e. The highest BCUT2D eigenvalue weighted by Crippen LogP contribution is 2.39. The van der Waals surface area contributed by atoms with E-state index in [2.05, 4.69) is 125 Å². The van der Waals surface area contributed by atoms with Gasteiger partial charge < -0.3 is 9.47 Å². The molecule has 2 aliphatic carbocycles. The normalized spacial score (nSPS) is 19.6. The van der Waals surface area contributed by atoms with E-state index in [9.17, 15) is 0 Å². The standard InChI is InChI=1S/C18H22.C17H26O.C16H24O/c1-3-5-15-7-11-17(12-8-15)18-13-9-16(6-4-2)10-14-18;1-3-5-14-6-8-15(9-7-14)16-10-12-17(13-11-16)18-4-2;1-3-4-13-5-7-14(8-6-13)15-9-11-16(17-2)12-10-15/h7-14H,3-6H2,1-2H3;10-15H,3-9H2,1-2H3;9-14H,3-8H2,1-2H3. The molecule has 0 bridgehead atoms. The fraction of sp³-hybridized carbons (Fsp3) is 0.529. The van der Waals surface area contributed by atoms with Crippen molar-refractivity contribution in [3.8, 4) is 22.6 Å². The van der Waals surface area contributed by atoms with Crippen LogP contribution in [0.1, 0.15) is 159 Å². The van der Waals surface area contributed by atoms with Gasteiger partial charge in [-0.3, -0.25) is 0 Å². The van der Waals surface area contributed by atoms with Crippen LogP contribution < -0.4 is 9.47 Å². The van der Waals surface area contributed by atoms with E-state index in [0.29, 0.717) is 0 Å². The van der Waals surface area contributed by atoms with Gasteiger partial charge in [0.05, 0.1) is 13.7 Å². The highest BCUT2D eigenvalue weighted by molar-refractivity contribution is 5.64. The second kappa shape index (κ2) is 24.0. The van der Waals surface area contributed by atoms with Crippen LogP contribution in [0.5, 0.6) is 11.5 Å². The summed E-state index contributed by atoms with van der Waals surface area (Å²) in [5.74, 6) is 5.53. The molecule has 0 saturated heterocycles. The number of aryl methyl sites for hydroxylation is 2. The van der Waals surface area contributed by atoms with Gasteiger partial charge in [-0.15, -0.1) is 0 Å². The molecule has 0 aliphatic heterocycles. The Morgan fingerprint density at radius 1 is 0.434 bits per heavy atom. The lowest BCUT2D eigenvalue weighted by atomic mass is 9.77. The zero-order chi connectivity index (χ0) is 37.7. The molecule has 0 amide bonds. The van der Waals surface area contributed by atoms with Crippen molar-refractivity contribution < 1.29 is 9.47 Å². The Bertz CT molecular complexity index is 1440. The summed E-state index contributed by atoms with van der Waals surface area (Å²) in [6.07, 6.45) is 21.5. The van der Waals surface area contributed by atoms with Crippen molar-refractivity contribution in [3.63, 3.8) is 0 Å². The van der Waals surface area contributed by atoms with Gasteiger partial charge in [0.15, 0.2) is 0 Å². The fourth-order valence-corrected chi connectivity index (χ4v) is 8.57. The molecule has 6 rings (SSSR count). The Kier molecular flexibility index (Phi) is 19.1. The van der Waals surface area contributed by atoms with Gasteiger partial charge in [-0.05, 0) is 152 Å². The highest BCUT2D eigenvalue weighted by Gasteiger charge is 2.22. The molecule has 4 aromatic rings. The number of benzene rings is 4. The predicted molar refractivity (Wildman–Crippen MR) is 230 cm³/mol. The largest absolute Gasteiger partial charge is 0.497 e. The Morgan fingerprint density at radius 2 is 0.811 bits per heavy atom. The van der Waals surface area contributed by atoms with Crippen molar-refractivity contribution in [2.45, 2.75) is 149 Å². The maximum absolute atomic E-state index is 5.50. The van der Waals surface area contributed by atoms with E-state index in [1.807, 2.05) is 6.92 Å². The lowest BCUT2D eigenvalue weighted by molar-refractivity contribution is 0.308. The van der Waals surface area contributed by atoms with E-state index < -0.39 is 0 Å². The van der Waals surface area contributed by atoms with E-state index in [4.69, 9.17) is 9.47 Å². The average Bonchev–Trinajstić information content (AvgIpc) is 3.21. The number of methoxy groups -OCH3 is 1. The molecule has 4 aromatic carbocycles. The molecule has 2 fully saturated rings. The molecule has 2 heteroatoms. The van der Waals surface area contributed by atoms with Crippen LogP contribution in [0, 0.1) is 11.8 Å². The second-order valence-electron chi connectivity index (χ2n) is 15.7. The third kappa shape index (κ3) is 14.3. The van der Waals surface area contributed by atoms with E-state index in [1.165, 1.54) is 136 Å². The third-order valence-corrected chi connectivity index (χ3v) is 11.7. The summed E-state index contributed by atoms with van der Waals surface area (Å²) in [6, 6.07) is 35.4. The van der Waals surface area contributed by atoms with Crippen LogP contribution in [0.2, 0.25) is 0 Å². The molecule has 0 aromatic heterocycles. The molecule has 53 heavy (non-hydrogen) atoms. The van der Waals surface area contributed by atoms with Gasteiger partial charge in [-0.25, -0.2) is 0 Å². The molecular formula is C51H72O2. The molecule has 0 N–H and O–H groups in total. The van der Waals surface area contributed by atoms with Gasteiger partial charge in [-0.1, -0.05) is 139 Å². The molecular weight excluding hydrogens is 645 g/mol. The lowest BCUT2D eigenvalue weighted by Gasteiger charge is -2.28. The minimum absolute atomic E-state index is 0.751. The molecule has 2 aliphatic rings. The fourth-order valence-electron chi connectivity index (χ4n) is 8.57. The van der Waals surface area contributed by atoms with Crippen LogP contribution in [0.3, 0.4) is 0 Å². The van der Waals surface area contributed by atoms with E-state index in [0.717, 1.165) is 41.8 Å². The minimum atomic E-state index is 0.751. The first-order valence-electron chi connectivity index (χ1n) is 21.5. The molecule has 0 spiro atoms. The second-order valence-corrected chi connectivity index (χ2v) is 15.7. The van der Waals surface area contributed by atoms with Crippen molar-refractivity contribution in [3.05, 3.63) is 119 Å². The molecule has 0 atom stereocenters. The average molecular weight is 717 g/mol. The highest BCUT2D eigenvalue weighted by atomic mass is 16.5. The van der Waals surface area contributed by atoms with Crippen molar-refractivity contribution in [1.82, 2.24) is 0 Å². The molecule has 2 saturated carbocycles. The summed E-state index contributed by atoms with van der Waals surface area (Å²) >= 11 is 0. The molecule has 0 radical (unpaired) electrons.